The molecule has 0 amide bonds. The predicted octanol–water partition coefficient (Wildman–Crippen LogP) is 2.90. The second-order valence-corrected chi connectivity index (χ2v) is 5.20. The van der Waals surface area contributed by atoms with E-state index in [1.54, 1.807) is 0 Å². The van der Waals surface area contributed by atoms with Crippen LogP contribution in [0.15, 0.2) is 0 Å². The summed E-state index contributed by atoms with van der Waals surface area (Å²) in [4.78, 5) is 1.93. The van der Waals surface area contributed by atoms with Crippen LogP contribution in [0.4, 0.5) is 0 Å². The average Bonchev–Trinajstić information content (AvgIpc) is 2.82. The normalized spacial score (nSPS) is 23.1. The molecule has 1 N–H and O–H groups in total. The standard InChI is InChI=1S/C14H29N.CN/c1-3-5-7-8-12-15-13-9-11-14(15)10-6-4-2;1-2/h14H,3-13H2,1-2H3;/q;-1/p+1. The van der Waals surface area contributed by atoms with Crippen molar-refractivity contribution in [3.63, 3.8) is 0 Å². The van der Waals surface area contributed by atoms with Crippen LogP contribution in [0.2, 0.25) is 0 Å². The summed E-state index contributed by atoms with van der Waals surface area (Å²) in [5, 5.41) is 6.25. The molecule has 2 nitrogen and oxygen atoms in total. The van der Waals surface area contributed by atoms with Crippen molar-refractivity contribution in [1.82, 2.24) is 0 Å². The molecule has 1 heterocycles. The second kappa shape index (κ2) is 11.9. The van der Waals surface area contributed by atoms with E-state index in [2.05, 4.69) is 13.8 Å². The Bertz CT molecular complexity index is 177. The van der Waals surface area contributed by atoms with Gasteiger partial charge in [0.15, 0.2) is 0 Å². The molecular weight excluding hydrogens is 208 g/mol. The summed E-state index contributed by atoms with van der Waals surface area (Å²) in [7, 11) is 0. The van der Waals surface area contributed by atoms with E-state index in [1.165, 1.54) is 70.9 Å². The number of nitrogens with one attached hydrogen (secondary N) is 1. The monoisotopic (exact) mass is 238 g/mol. The van der Waals surface area contributed by atoms with Crippen LogP contribution in [0.5, 0.6) is 0 Å². The number of unbranched alkanes of at least 4 members (excludes halogenated alkanes) is 4. The minimum Gasteiger partial charge on any atom is -0.512 e. The third-order valence-electron chi connectivity index (χ3n) is 3.89. The molecule has 17 heavy (non-hydrogen) atoms. The van der Waals surface area contributed by atoms with Crippen LogP contribution < -0.4 is 4.90 Å². The SMILES string of the molecule is CCCCCC[NH+]1CCCC1CCCC.[C-]#N. The van der Waals surface area contributed by atoms with Gasteiger partial charge in [-0.25, -0.2) is 0 Å². The van der Waals surface area contributed by atoms with Gasteiger partial charge in [0.25, 0.3) is 0 Å². The van der Waals surface area contributed by atoms with E-state index in [0.717, 1.165) is 6.04 Å². The van der Waals surface area contributed by atoms with E-state index in [0.29, 0.717) is 0 Å². The van der Waals surface area contributed by atoms with Crippen LogP contribution in [-0.4, -0.2) is 19.1 Å². The van der Waals surface area contributed by atoms with E-state index in [1.807, 2.05) is 4.90 Å². The quantitative estimate of drug-likeness (QED) is 0.511. The van der Waals surface area contributed by atoms with Crippen molar-refractivity contribution in [3.8, 4) is 0 Å². The van der Waals surface area contributed by atoms with Crippen molar-refractivity contribution in [1.29, 1.82) is 5.26 Å². The Morgan fingerprint density at radius 1 is 1.06 bits per heavy atom. The zero-order valence-corrected chi connectivity index (χ0v) is 11.8. The maximum Gasteiger partial charge on any atom is 0.0876 e. The Balaban J connectivity index is 0.00000121. The third-order valence-corrected chi connectivity index (χ3v) is 3.89. The van der Waals surface area contributed by atoms with E-state index in [-0.39, 0.29) is 0 Å². The van der Waals surface area contributed by atoms with Crippen molar-refractivity contribution in [2.45, 2.75) is 77.7 Å². The van der Waals surface area contributed by atoms with Gasteiger partial charge in [-0.1, -0.05) is 33.1 Å². The van der Waals surface area contributed by atoms with E-state index in [4.69, 9.17) is 11.8 Å². The Labute approximate surface area is 108 Å². The van der Waals surface area contributed by atoms with Gasteiger partial charge >= 0.3 is 0 Å². The minimum atomic E-state index is 1.02. The lowest BCUT2D eigenvalue weighted by atomic mass is 10.1. The van der Waals surface area contributed by atoms with Gasteiger partial charge in [0.1, 0.15) is 0 Å². The summed E-state index contributed by atoms with van der Waals surface area (Å²) >= 11 is 0. The molecule has 1 aliphatic rings. The highest BCUT2D eigenvalue weighted by molar-refractivity contribution is 4.62. The summed E-state index contributed by atoms with van der Waals surface area (Å²) in [6.07, 6.45) is 13.0. The Kier molecular flexibility index (Phi) is 11.5. The number of quaternary nitrogens is 1. The van der Waals surface area contributed by atoms with Crippen LogP contribution >= 0.6 is 0 Å². The molecule has 1 aliphatic heterocycles. The molecule has 0 bridgehead atoms. The largest absolute Gasteiger partial charge is 0.512 e. The van der Waals surface area contributed by atoms with Crippen LogP contribution in [0.25, 0.3) is 0 Å². The van der Waals surface area contributed by atoms with Crippen molar-refractivity contribution in [2.75, 3.05) is 13.1 Å². The van der Waals surface area contributed by atoms with Crippen LogP contribution in [0.1, 0.15) is 71.6 Å². The van der Waals surface area contributed by atoms with Gasteiger partial charge in [0.05, 0.1) is 19.1 Å². The Hall–Kier alpha value is -0.550. The average molecular weight is 238 g/mol. The fraction of sp³-hybridized carbons (Fsp3) is 0.933. The molecule has 100 valence electrons. The molecule has 2 unspecified atom stereocenters. The van der Waals surface area contributed by atoms with Crippen molar-refractivity contribution < 1.29 is 4.90 Å². The first-order valence-electron chi connectivity index (χ1n) is 7.45. The van der Waals surface area contributed by atoms with Crippen LogP contribution in [0.3, 0.4) is 0 Å². The lowest BCUT2D eigenvalue weighted by molar-refractivity contribution is -0.912. The lowest BCUT2D eigenvalue weighted by Crippen LogP contribution is -3.13. The van der Waals surface area contributed by atoms with Crippen LogP contribution in [-0.2, 0) is 0 Å². The van der Waals surface area contributed by atoms with Gasteiger partial charge < -0.3 is 16.7 Å². The first-order valence-corrected chi connectivity index (χ1v) is 7.45. The highest BCUT2D eigenvalue weighted by Gasteiger charge is 2.26. The number of rotatable bonds is 8. The van der Waals surface area contributed by atoms with E-state index < -0.39 is 0 Å². The van der Waals surface area contributed by atoms with Crippen LogP contribution in [0, 0.1) is 11.8 Å². The molecule has 1 rings (SSSR count). The number of hydrogen-bond acceptors (Lipinski definition) is 1. The molecule has 2 atom stereocenters. The molecule has 0 saturated carbocycles. The van der Waals surface area contributed by atoms with Crippen molar-refractivity contribution in [2.24, 2.45) is 0 Å². The fourth-order valence-electron chi connectivity index (χ4n) is 2.89. The Morgan fingerprint density at radius 3 is 2.41 bits per heavy atom. The molecule has 2 heteroatoms. The molecular formula is C15H30N2. The zero-order chi connectivity index (χ0) is 12.9. The zero-order valence-electron chi connectivity index (χ0n) is 11.8. The van der Waals surface area contributed by atoms with Crippen molar-refractivity contribution >= 4 is 0 Å². The molecule has 0 aliphatic carbocycles. The maximum absolute atomic E-state index is 6.25. The molecule has 0 aromatic rings. The molecule has 1 saturated heterocycles. The van der Waals surface area contributed by atoms with Gasteiger partial charge in [0, 0.05) is 12.8 Å². The highest BCUT2D eigenvalue weighted by atomic mass is 15.2. The maximum atomic E-state index is 6.25. The number of likely N-dealkylation sites (tertiary alicyclic amines) is 1. The lowest BCUT2D eigenvalue weighted by Gasteiger charge is -2.21. The van der Waals surface area contributed by atoms with Gasteiger partial charge in [-0.3, -0.25) is 0 Å². The smallest absolute Gasteiger partial charge is 0.0876 e. The van der Waals surface area contributed by atoms with Gasteiger partial charge in [-0.05, 0) is 25.7 Å². The number of hydrogen-bond donors (Lipinski definition) is 1. The fourth-order valence-corrected chi connectivity index (χ4v) is 2.89. The summed E-state index contributed by atoms with van der Waals surface area (Å²) in [5.74, 6) is 0. The molecule has 0 aromatic carbocycles. The van der Waals surface area contributed by atoms with Gasteiger partial charge in [-0.15, -0.1) is 0 Å². The number of nitrogens with zero attached hydrogens (tertiary/aromatic N) is 1. The van der Waals surface area contributed by atoms with Crippen molar-refractivity contribution in [3.05, 3.63) is 6.57 Å². The van der Waals surface area contributed by atoms with E-state index in [9.17, 15) is 0 Å². The molecule has 0 spiro atoms. The first kappa shape index (κ1) is 16.4. The topological polar surface area (TPSA) is 28.2 Å². The molecule has 0 radical (unpaired) electrons. The van der Waals surface area contributed by atoms with Gasteiger partial charge in [-0.2, -0.15) is 0 Å². The summed E-state index contributed by atoms with van der Waals surface area (Å²) in [5.41, 5.74) is 0. The Morgan fingerprint density at radius 2 is 1.76 bits per heavy atom. The molecule has 1 fully saturated rings. The highest BCUT2D eigenvalue weighted by Crippen LogP contribution is 2.08. The first-order chi connectivity index (χ1) is 8.38. The second-order valence-electron chi connectivity index (χ2n) is 5.20. The predicted molar refractivity (Wildman–Crippen MR) is 72.4 cm³/mol. The minimum absolute atomic E-state index is 1.02. The molecule has 0 aromatic heterocycles. The summed E-state index contributed by atoms with van der Waals surface area (Å²) in [6, 6.07) is 1.02. The van der Waals surface area contributed by atoms with E-state index >= 15 is 0 Å². The summed E-state index contributed by atoms with van der Waals surface area (Å²) < 4.78 is 0. The summed E-state index contributed by atoms with van der Waals surface area (Å²) in [6.45, 7) is 12.3. The third kappa shape index (κ3) is 7.39. The van der Waals surface area contributed by atoms with Gasteiger partial charge in [0.2, 0.25) is 0 Å².